The SMILES string of the molecule is CCCC(C)(N)C(=O)Cc1cc(C)cc(C)c1. The van der Waals surface area contributed by atoms with Gasteiger partial charge < -0.3 is 5.73 Å². The number of nitrogens with two attached hydrogens (primary N) is 1. The van der Waals surface area contributed by atoms with Crippen molar-refractivity contribution in [2.75, 3.05) is 0 Å². The molecular weight excluding hydrogens is 210 g/mol. The predicted octanol–water partition coefficient (Wildman–Crippen LogP) is 2.93. The number of benzene rings is 1. The van der Waals surface area contributed by atoms with Gasteiger partial charge in [0.1, 0.15) is 0 Å². The number of ketones is 1. The maximum atomic E-state index is 12.1. The third-order valence-corrected chi connectivity index (χ3v) is 3.05. The van der Waals surface area contributed by atoms with Gasteiger partial charge in [-0.2, -0.15) is 0 Å². The number of rotatable bonds is 5. The molecule has 0 bridgehead atoms. The fraction of sp³-hybridized carbons (Fsp3) is 0.533. The highest BCUT2D eigenvalue weighted by molar-refractivity contribution is 5.89. The first-order valence-corrected chi connectivity index (χ1v) is 6.24. The summed E-state index contributed by atoms with van der Waals surface area (Å²) in [5.41, 5.74) is 8.82. The highest BCUT2D eigenvalue weighted by Crippen LogP contribution is 2.15. The number of carbonyl (C=O) groups is 1. The van der Waals surface area contributed by atoms with Gasteiger partial charge in [-0.25, -0.2) is 0 Å². The minimum absolute atomic E-state index is 0.129. The van der Waals surface area contributed by atoms with Gasteiger partial charge in [0.25, 0.3) is 0 Å². The van der Waals surface area contributed by atoms with E-state index in [0.717, 1.165) is 18.4 Å². The number of aryl methyl sites for hydroxylation is 2. The molecule has 0 aliphatic heterocycles. The molecule has 0 saturated heterocycles. The lowest BCUT2D eigenvalue weighted by Crippen LogP contribution is -2.45. The van der Waals surface area contributed by atoms with Crippen LogP contribution >= 0.6 is 0 Å². The van der Waals surface area contributed by atoms with Crippen molar-refractivity contribution < 1.29 is 4.79 Å². The van der Waals surface area contributed by atoms with Crippen molar-refractivity contribution in [3.8, 4) is 0 Å². The molecule has 0 saturated carbocycles. The quantitative estimate of drug-likeness (QED) is 0.849. The van der Waals surface area contributed by atoms with Crippen LogP contribution in [0.5, 0.6) is 0 Å². The van der Waals surface area contributed by atoms with E-state index in [1.165, 1.54) is 11.1 Å². The molecule has 0 aliphatic rings. The molecule has 0 amide bonds. The molecule has 1 unspecified atom stereocenters. The van der Waals surface area contributed by atoms with Gasteiger partial charge in [0.05, 0.1) is 5.54 Å². The molecule has 1 atom stereocenters. The molecule has 0 aromatic heterocycles. The van der Waals surface area contributed by atoms with Crippen LogP contribution in [0.1, 0.15) is 43.4 Å². The highest BCUT2D eigenvalue weighted by Gasteiger charge is 2.26. The highest BCUT2D eigenvalue weighted by atomic mass is 16.1. The molecule has 0 heterocycles. The summed E-state index contributed by atoms with van der Waals surface area (Å²) >= 11 is 0. The summed E-state index contributed by atoms with van der Waals surface area (Å²) in [6.45, 7) is 7.99. The molecular formula is C15H23NO. The van der Waals surface area contributed by atoms with Crippen LogP contribution in [0.3, 0.4) is 0 Å². The molecule has 1 rings (SSSR count). The fourth-order valence-electron chi connectivity index (χ4n) is 2.22. The molecule has 2 N–H and O–H groups in total. The van der Waals surface area contributed by atoms with Crippen LogP contribution in [-0.2, 0) is 11.2 Å². The van der Waals surface area contributed by atoms with E-state index in [9.17, 15) is 4.79 Å². The van der Waals surface area contributed by atoms with E-state index in [0.29, 0.717) is 6.42 Å². The number of carbonyl (C=O) groups excluding carboxylic acids is 1. The van der Waals surface area contributed by atoms with E-state index in [2.05, 4.69) is 39.0 Å². The van der Waals surface area contributed by atoms with E-state index in [1.807, 2.05) is 6.92 Å². The molecule has 0 aliphatic carbocycles. The van der Waals surface area contributed by atoms with Crippen molar-refractivity contribution in [1.82, 2.24) is 0 Å². The maximum Gasteiger partial charge on any atom is 0.156 e. The lowest BCUT2D eigenvalue weighted by molar-refractivity contribution is -0.123. The van der Waals surface area contributed by atoms with Gasteiger partial charge in [0.2, 0.25) is 0 Å². The molecule has 17 heavy (non-hydrogen) atoms. The minimum atomic E-state index is -0.688. The Morgan fingerprint density at radius 1 is 1.24 bits per heavy atom. The number of hydrogen-bond donors (Lipinski definition) is 1. The molecule has 2 heteroatoms. The first kappa shape index (κ1) is 13.9. The van der Waals surface area contributed by atoms with Gasteiger partial charge in [-0.3, -0.25) is 4.79 Å². The Balaban J connectivity index is 2.80. The number of hydrogen-bond acceptors (Lipinski definition) is 2. The fourth-order valence-corrected chi connectivity index (χ4v) is 2.22. The lowest BCUT2D eigenvalue weighted by Gasteiger charge is -2.22. The zero-order valence-corrected chi connectivity index (χ0v) is 11.3. The van der Waals surface area contributed by atoms with E-state index in [-0.39, 0.29) is 5.78 Å². The standard InChI is InChI=1S/C15H23NO/c1-5-6-15(4,16)14(17)10-13-8-11(2)7-12(3)9-13/h7-9H,5-6,10,16H2,1-4H3. The van der Waals surface area contributed by atoms with E-state index < -0.39 is 5.54 Å². The summed E-state index contributed by atoms with van der Waals surface area (Å²) in [5, 5.41) is 0. The summed E-state index contributed by atoms with van der Waals surface area (Å²) in [6, 6.07) is 6.24. The number of Topliss-reactive ketones (excluding diaryl/α,β-unsaturated/α-hetero) is 1. The van der Waals surface area contributed by atoms with Crippen molar-refractivity contribution in [1.29, 1.82) is 0 Å². The summed E-state index contributed by atoms with van der Waals surface area (Å²) in [5.74, 6) is 0.129. The normalized spacial score (nSPS) is 14.4. The Kier molecular flexibility index (Phi) is 4.47. The van der Waals surface area contributed by atoms with Crippen molar-refractivity contribution in [2.45, 2.75) is 52.5 Å². The van der Waals surface area contributed by atoms with E-state index in [4.69, 9.17) is 5.73 Å². The average Bonchev–Trinajstić information content (AvgIpc) is 2.15. The Hall–Kier alpha value is -1.15. The Morgan fingerprint density at radius 3 is 2.24 bits per heavy atom. The van der Waals surface area contributed by atoms with Crippen molar-refractivity contribution in [3.63, 3.8) is 0 Å². The van der Waals surface area contributed by atoms with Crippen LogP contribution in [0.2, 0.25) is 0 Å². The van der Waals surface area contributed by atoms with Crippen LogP contribution in [-0.4, -0.2) is 11.3 Å². The third-order valence-electron chi connectivity index (χ3n) is 3.05. The van der Waals surface area contributed by atoms with Gasteiger partial charge in [-0.15, -0.1) is 0 Å². The van der Waals surface area contributed by atoms with E-state index >= 15 is 0 Å². The molecule has 0 fully saturated rings. The smallest absolute Gasteiger partial charge is 0.156 e. The minimum Gasteiger partial charge on any atom is -0.319 e. The largest absolute Gasteiger partial charge is 0.319 e. The monoisotopic (exact) mass is 233 g/mol. The summed E-state index contributed by atoms with van der Waals surface area (Å²) in [4.78, 5) is 12.1. The second-order valence-electron chi connectivity index (χ2n) is 5.26. The second kappa shape index (κ2) is 5.46. The van der Waals surface area contributed by atoms with Gasteiger partial charge >= 0.3 is 0 Å². The van der Waals surface area contributed by atoms with Crippen molar-refractivity contribution >= 4 is 5.78 Å². The lowest BCUT2D eigenvalue weighted by atomic mass is 9.88. The Bertz CT molecular complexity index is 387. The summed E-state index contributed by atoms with van der Waals surface area (Å²) < 4.78 is 0. The predicted molar refractivity (Wildman–Crippen MR) is 72.1 cm³/mol. The van der Waals surface area contributed by atoms with Crippen LogP contribution in [0.25, 0.3) is 0 Å². The molecule has 94 valence electrons. The topological polar surface area (TPSA) is 43.1 Å². The van der Waals surface area contributed by atoms with Crippen molar-refractivity contribution in [3.05, 3.63) is 34.9 Å². The van der Waals surface area contributed by atoms with Crippen molar-refractivity contribution in [2.24, 2.45) is 5.73 Å². The van der Waals surface area contributed by atoms with Crippen LogP contribution < -0.4 is 5.73 Å². The van der Waals surface area contributed by atoms with Gasteiger partial charge in [0, 0.05) is 6.42 Å². The molecule has 1 aromatic carbocycles. The first-order valence-electron chi connectivity index (χ1n) is 6.24. The molecule has 0 radical (unpaired) electrons. The van der Waals surface area contributed by atoms with Crippen LogP contribution in [0, 0.1) is 13.8 Å². The first-order chi connectivity index (χ1) is 7.85. The van der Waals surface area contributed by atoms with E-state index in [1.54, 1.807) is 0 Å². The zero-order valence-electron chi connectivity index (χ0n) is 11.3. The molecule has 2 nitrogen and oxygen atoms in total. The van der Waals surface area contributed by atoms with Gasteiger partial charge in [0.15, 0.2) is 5.78 Å². The zero-order chi connectivity index (χ0) is 13.1. The molecule has 0 spiro atoms. The van der Waals surface area contributed by atoms with Crippen LogP contribution in [0.4, 0.5) is 0 Å². The average molecular weight is 233 g/mol. The third kappa shape index (κ3) is 3.97. The maximum absolute atomic E-state index is 12.1. The van der Waals surface area contributed by atoms with Gasteiger partial charge in [-0.1, -0.05) is 42.7 Å². The Morgan fingerprint density at radius 2 is 1.76 bits per heavy atom. The van der Waals surface area contributed by atoms with Crippen LogP contribution in [0.15, 0.2) is 18.2 Å². The summed E-state index contributed by atoms with van der Waals surface area (Å²) in [7, 11) is 0. The summed E-state index contributed by atoms with van der Waals surface area (Å²) in [6.07, 6.45) is 2.12. The molecule has 1 aromatic rings. The Labute approximate surface area is 104 Å². The van der Waals surface area contributed by atoms with Gasteiger partial charge in [-0.05, 0) is 32.8 Å². The second-order valence-corrected chi connectivity index (χ2v) is 5.26.